The van der Waals surface area contributed by atoms with Crippen molar-refractivity contribution in [3.8, 4) is 11.5 Å². The molecule has 10 heteroatoms. The van der Waals surface area contributed by atoms with Gasteiger partial charge in [-0.3, -0.25) is 20.4 Å². The van der Waals surface area contributed by atoms with E-state index in [2.05, 4.69) is 31.3 Å². The molecule has 3 N–H and O–H groups in total. The minimum absolute atomic E-state index is 0.118. The van der Waals surface area contributed by atoms with E-state index in [0.29, 0.717) is 16.8 Å². The minimum Gasteiger partial charge on any atom is -0.436 e. The van der Waals surface area contributed by atoms with E-state index in [1.54, 1.807) is 42.5 Å². The van der Waals surface area contributed by atoms with Crippen molar-refractivity contribution in [2.45, 2.75) is 26.2 Å². The lowest BCUT2D eigenvalue weighted by atomic mass is 9.92. The highest BCUT2D eigenvalue weighted by atomic mass is 19.1. The van der Waals surface area contributed by atoms with Crippen molar-refractivity contribution in [2.75, 3.05) is 10.7 Å². The highest BCUT2D eigenvalue weighted by Gasteiger charge is 2.18. The fraction of sp³-hybridized carbons (Fsp3) is 0.174. The van der Waals surface area contributed by atoms with E-state index < -0.39 is 17.6 Å². The summed E-state index contributed by atoms with van der Waals surface area (Å²) in [7, 11) is 0. The van der Waals surface area contributed by atoms with E-state index in [9.17, 15) is 14.0 Å². The van der Waals surface area contributed by atoms with Crippen LogP contribution in [0.15, 0.2) is 59.0 Å². The first-order chi connectivity index (χ1) is 15.7. The first kappa shape index (κ1) is 21.9. The van der Waals surface area contributed by atoms with Crippen LogP contribution in [0.4, 0.5) is 15.9 Å². The number of benzene rings is 2. The van der Waals surface area contributed by atoms with Gasteiger partial charge in [-0.15, -0.1) is 5.10 Å². The Morgan fingerprint density at radius 2 is 1.76 bits per heavy atom. The summed E-state index contributed by atoms with van der Waals surface area (Å²) in [5.74, 6) is -1.89. The number of aromatic nitrogens is 3. The quantitative estimate of drug-likeness (QED) is 0.321. The fourth-order valence-electron chi connectivity index (χ4n) is 2.92. The average Bonchev–Trinajstić information content (AvgIpc) is 3.20. The molecule has 0 bridgehead atoms. The van der Waals surface area contributed by atoms with Crippen molar-refractivity contribution in [1.82, 2.24) is 20.6 Å². The molecule has 9 nitrogen and oxygen atoms in total. The SMILES string of the molecule is CC(C)(C)c1ccc(NNC(=O)C(=O)Nc2ccc3oc(-c4ccccc4F)nc3c2)nn1. The van der Waals surface area contributed by atoms with Gasteiger partial charge >= 0.3 is 11.8 Å². The molecule has 4 aromatic rings. The lowest BCUT2D eigenvalue weighted by Gasteiger charge is -2.16. The largest absolute Gasteiger partial charge is 0.436 e. The van der Waals surface area contributed by atoms with E-state index in [1.807, 2.05) is 20.8 Å². The summed E-state index contributed by atoms with van der Waals surface area (Å²) in [6.45, 7) is 6.02. The number of oxazole rings is 1. The monoisotopic (exact) mass is 448 g/mol. The second-order valence-corrected chi connectivity index (χ2v) is 8.27. The predicted octanol–water partition coefficient (Wildman–Crippen LogP) is 3.80. The molecule has 168 valence electrons. The van der Waals surface area contributed by atoms with Crippen molar-refractivity contribution in [2.24, 2.45) is 0 Å². The zero-order valence-corrected chi connectivity index (χ0v) is 18.1. The molecule has 0 spiro atoms. The summed E-state index contributed by atoms with van der Waals surface area (Å²) < 4.78 is 19.6. The number of carbonyl (C=O) groups excluding carboxylic acids is 2. The van der Waals surface area contributed by atoms with Crippen LogP contribution in [-0.2, 0) is 15.0 Å². The molecule has 2 heterocycles. The molecule has 4 rings (SSSR count). The lowest BCUT2D eigenvalue weighted by Crippen LogP contribution is -2.39. The normalized spacial score (nSPS) is 11.3. The predicted molar refractivity (Wildman–Crippen MR) is 121 cm³/mol. The fourth-order valence-corrected chi connectivity index (χ4v) is 2.92. The molecular weight excluding hydrogens is 427 g/mol. The Hall–Kier alpha value is -4.34. The van der Waals surface area contributed by atoms with Gasteiger partial charge in [0.15, 0.2) is 11.4 Å². The summed E-state index contributed by atoms with van der Waals surface area (Å²) in [4.78, 5) is 28.6. The van der Waals surface area contributed by atoms with E-state index in [-0.39, 0.29) is 22.7 Å². The molecule has 0 unspecified atom stereocenters. The number of rotatable bonds is 4. The Bertz CT molecular complexity index is 1330. The summed E-state index contributed by atoms with van der Waals surface area (Å²) in [6, 6.07) is 14.2. The van der Waals surface area contributed by atoms with Crippen LogP contribution < -0.4 is 16.2 Å². The van der Waals surface area contributed by atoms with Crippen LogP contribution in [0.3, 0.4) is 0 Å². The van der Waals surface area contributed by atoms with Gasteiger partial charge < -0.3 is 9.73 Å². The number of hydrazine groups is 1. The number of carbonyl (C=O) groups is 2. The van der Waals surface area contributed by atoms with Crippen LogP contribution in [-0.4, -0.2) is 27.0 Å². The van der Waals surface area contributed by atoms with Crippen LogP contribution >= 0.6 is 0 Å². The molecule has 2 amide bonds. The third-order valence-electron chi connectivity index (χ3n) is 4.69. The third kappa shape index (κ3) is 4.95. The molecule has 0 saturated carbocycles. The molecule has 0 aliphatic rings. The van der Waals surface area contributed by atoms with Crippen molar-refractivity contribution < 1.29 is 18.4 Å². The van der Waals surface area contributed by atoms with Gasteiger partial charge in [-0.1, -0.05) is 32.9 Å². The van der Waals surface area contributed by atoms with Gasteiger partial charge in [0, 0.05) is 11.1 Å². The van der Waals surface area contributed by atoms with Gasteiger partial charge in [0.25, 0.3) is 0 Å². The van der Waals surface area contributed by atoms with Crippen LogP contribution in [0.25, 0.3) is 22.6 Å². The van der Waals surface area contributed by atoms with Gasteiger partial charge in [-0.25, -0.2) is 9.37 Å². The zero-order chi connectivity index (χ0) is 23.6. The number of halogens is 1. The molecule has 0 radical (unpaired) electrons. The second kappa shape index (κ2) is 8.65. The molecule has 0 aliphatic carbocycles. The molecule has 33 heavy (non-hydrogen) atoms. The molecule has 2 aromatic carbocycles. The average molecular weight is 448 g/mol. The maximum atomic E-state index is 14.0. The van der Waals surface area contributed by atoms with Crippen molar-refractivity contribution in [3.05, 3.63) is 66.1 Å². The Labute approximate surface area is 188 Å². The summed E-state index contributed by atoms with van der Waals surface area (Å²) in [5, 5.41) is 10.5. The van der Waals surface area contributed by atoms with Crippen molar-refractivity contribution in [3.63, 3.8) is 0 Å². The lowest BCUT2D eigenvalue weighted by molar-refractivity contribution is -0.135. The Kier molecular flexibility index (Phi) is 5.74. The zero-order valence-electron chi connectivity index (χ0n) is 18.1. The van der Waals surface area contributed by atoms with Crippen molar-refractivity contribution in [1.29, 1.82) is 0 Å². The topological polar surface area (TPSA) is 122 Å². The Morgan fingerprint density at radius 3 is 2.45 bits per heavy atom. The molecule has 0 aliphatic heterocycles. The highest BCUT2D eigenvalue weighted by molar-refractivity contribution is 6.39. The number of hydrogen-bond donors (Lipinski definition) is 3. The molecular formula is C23H21FN6O3. The summed E-state index contributed by atoms with van der Waals surface area (Å²) in [5.41, 5.74) is 6.81. The Morgan fingerprint density at radius 1 is 0.970 bits per heavy atom. The summed E-state index contributed by atoms with van der Waals surface area (Å²) in [6.07, 6.45) is 0. The van der Waals surface area contributed by atoms with E-state index in [4.69, 9.17) is 4.42 Å². The van der Waals surface area contributed by atoms with Crippen LogP contribution in [0.2, 0.25) is 0 Å². The maximum Gasteiger partial charge on any atom is 0.328 e. The van der Waals surface area contributed by atoms with Gasteiger partial charge in [0.05, 0.1) is 11.3 Å². The smallest absolute Gasteiger partial charge is 0.328 e. The van der Waals surface area contributed by atoms with Gasteiger partial charge in [-0.05, 0) is 42.5 Å². The number of anilines is 2. The number of hydrogen-bond acceptors (Lipinski definition) is 7. The first-order valence-corrected chi connectivity index (χ1v) is 10.1. The second-order valence-electron chi connectivity index (χ2n) is 8.27. The number of nitrogens with one attached hydrogen (secondary N) is 3. The van der Waals surface area contributed by atoms with Crippen LogP contribution in [0.1, 0.15) is 26.5 Å². The minimum atomic E-state index is -0.927. The van der Waals surface area contributed by atoms with E-state index >= 15 is 0 Å². The van der Waals surface area contributed by atoms with Crippen LogP contribution in [0.5, 0.6) is 0 Å². The van der Waals surface area contributed by atoms with Crippen molar-refractivity contribution >= 4 is 34.4 Å². The number of amides is 2. The molecule has 2 aromatic heterocycles. The molecule has 0 fully saturated rings. The maximum absolute atomic E-state index is 14.0. The Balaban J connectivity index is 1.39. The number of fused-ring (bicyclic) bond motifs is 1. The first-order valence-electron chi connectivity index (χ1n) is 10.1. The molecule has 0 saturated heterocycles. The molecule has 0 atom stereocenters. The summed E-state index contributed by atoms with van der Waals surface area (Å²) >= 11 is 0. The van der Waals surface area contributed by atoms with Gasteiger partial charge in [0.1, 0.15) is 11.3 Å². The van der Waals surface area contributed by atoms with Crippen LogP contribution in [0, 0.1) is 5.82 Å². The number of nitrogens with zero attached hydrogens (tertiary/aromatic N) is 3. The van der Waals surface area contributed by atoms with E-state index in [0.717, 1.165) is 5.69 Å². The van der Waals surface area contributed by atoms with Gasteiger partial charge in [0.2, 0.25) is 5.89 Å². The highest BCUT2D eigenvalue weighted by Crippen LogP contribution is 2.27. The third-order valence-corrected chi connectivity index (χ3v) is 4.69. The van der Waals surface area contributed by atoms with Gasteiger partial charge in [-0.2, -0.15) is 5.10 Å². The van der Waals surface area contributed by atoms with E-state index in [1.165, 1.54) is 12.1 Å². The standard InChI is InChI=1S/C23H21FN6O3/c1-23(2,3)18-10-11-19(28-27-18)29-30-21(32)20(31)25-13-8-9-17-16(12-13)26-22(33-17)14-6-4-5-7-15(14)24/h4-12H,1-3H3,(H,25,31)(H,28,29)(H,30,32).